The van der Waals surface area contributed by atoms with Crippen LogP contribution < -0.4 is 10.2 Å². The van der Waals surface area contributed by atoms with Gasteiger partial charge in [-0.25, -0.2) is 4.79 Å². The van der Waals surface area contributed by atoms with Crippen LogP contribution in [0.3, 0.4) is 0 Å². The lowest BCUT2D eigenvalue weighted by molar-refractivity contribution is -0.141. The number of hydrogen-bond acceptors (Lipinski definition) is 3. The summed E-state index contributed by atoms with van der Waals surface area (Å²) in [6, 6.07) is 6.29. The first-order chi connectivity index (χ1) is 9.49. The van der Waals surface area contributed by atoms with Gasteiger partial charge in [-0.05, 0) is 18.1 Å². The topological polar surface area (TPSA) is 86.7 Å². The molecule has 1 aromatic carbocycles. The van der Waals surface area contributed by atoms with Gasteiger partial charge in [-0.2, -0.15) is 0 Å². The van der Waals surface area contributed by atoms with Crippen molar-refractivity contribution in [1.82, 2.24) is 5.32 Å². The summed E-state index contributed by atoms with van der Waals surface area (Å²) in [5.41, 5.74) is 1.74. The Kier molecular flexibility index (Phi) is 4.02. The molecule has 1 unspecified atom stereocenters. The fraction of sp³-hybridized carbons (Fsp3) is 0.357. The minimum Gasteiger partial charge on any atom is -0.480 e. The zero-order chi connectivity index (χ0) is 14.7. The Balaban J connectivity index is 2.24. The number of nitrogens with zero attached hydrogens (tertiary/aromatic N) is 1. The number of nitrogens with one attached hydrogen (secondary N) is 1. The summed E-state index contributed by atoms with van der Waals surface area (Å²) < 4.78 is 0. The molecule has 0 radical (unpaired) electrons. The van der Waals surface area contributed by atoms with Crippen molar-refractivity contribution in [3.63, 3.8) is 0 Å². The van der Waals surface area contributed by atoms with Crippen molar-refractivity contribution in [2.24, 2.45) is 0 Å². The minimum atomic E-state index is -1.16. The SMILES string of the molecule is CC(=O)NC(CN1C(=O)CCc2ccccc21)C(=O)O. The van der Waals surface area contributed by atoms with E-state index in [2.05, 4.69) is 5.32 Å². The fourth-order valence-electron chi connectivity index (χ4n) is 2.31. The number of benzene rings is 1. The molecule has 2 rings (SSSR count). The second-order valence-electron chi connectivity index (χ2n) is 4.72. The molecule has 0 spiro atoms. The van der Waals surface area contributed by atoms with Gasteiger partial charge in [0.1, 0.15) is 6.04 Å². The van der Waals surface area contributed by atoms with Gasteiger partial charge in [-0.15, -0.1) is 0 Å². The summed E-state index contributed by atoms with van der Waals surface area (Å²) in [6.07, 6.45) is 1.01. The number of amides is 2. The molecule has 0 aromatic heterocycles. The monoisotopic (exact) mass is 276 g/mol. The summed E-state index contributed by atoms with van der Waals surface area (Å²) in [5, 5.41) is 11.5. The first-order valence-electron chi connectivity index (χ1n) is 6.37. The van der Waals surface area contributed by atoms with E-state index < -0.39 is 17.9 Å². The highest BCUT2D eigenvalue weighted by Gasteiger charge is 2.29. The summed E-state index contributed by atoms with van der Waals surface area (Å²) in [4.78, 5) is 35.7. The molecular formula is C14H16N2O4. The van der Waals surface area contributed by atoms with Gasteiger partial charge in [-0.1, -0.05) is 18.2 Å². The number of carbonyl (C=O) groups is 3. The molecule has 1 heterocycles. The smallest absolute Gasteiger partial charge is 0.328 e. The number of para-hydroxylation sites is 1. The Morgan fingerprint density at radius 3 is 2.70 bits per heavy atom. The molecule has 0 bridgehead atoms. The second-order valence-corrected chi connectivity index (χ2v) is 4.72. The Labute approximate surface area is 116 Å². The zero-order valence-electron chi connectivity index (χ0n) is 11.1. The highest BCUT2D eigenvalue weighted by atomic mass is 16.4. The maximum atomic E-state index is 12.0. The lowest BCUT2D eigenvalue weighted by Gasteiger charge is -2.31. The molecular weight excluding hydrogens is 260 g/mol. The predicted octanol–water partition coefficient (Wildman–Crippen LogP) is 0.555. The van der Waals surface area contributed by atoms with Crippen LogP contribution in [0.25, 0.3) is 0 Å². The van der Waals surface area contributed by atoms with Crippen molar-refractivity contribution >= 4 is 23.5 Å². The average molecular weight is 276 g/mol. The second kappa shape index (κ2) is 5.73. The van der Waals surface area contributed by atoms with E-state index in [4.69, 9.17) is 5.11 Å². The van der Waals surface area contributed by atoms with Crippen LogP contribution in [0, 0.1) is 0 Å². The third kappa shape index (κ3) is 2.96. The van der Waals surface area contributed by atoms with Crippen LogP contribution in [0.15, 0.2) is 24.3 Å². The normalized spacial score (nSPS) is 15.4. The number of carboxylic acids is 1. The molecule has 0 saturated carbocycles. The molecule has 1 aromatic rings. The van der Waals surface area contributed by atoms with Crippen molar-refractivity contribution in [2.75, 3.05) is 11.4 Å². The number of aliphatic carboxylic acids is 1. The largest absolute Gasteiger partial charge is 0.480 e. The maximum absolute atomic E-state index is 12.0. The van der Waals surface area contributed by atoms with Crippen LogP contribution in [-0.4, -0.2) is 35.5 Å². The molecule has 1 aliphatic heterocycles. The van der Waals surface area contributed by atoms with E-state index in [1.165, 1.54) is 11.8 Å². The molecule has 106 valence electrons. The maximum Gasteiger partial charge on any atom is 0.328 e. The molecule has 0 aliphatic carbocycles. The van der Waals surface area contributed by atoms with Gasteiger partial charge in [0.05, 0.1) is 6.54 Å². The number of carbonyl (C=O) groups excluding carboxylic acids is 2. The zero-order valence-corrected chi connectivity index (χ0v) is 11.1. The Bertz CT molecular complexity index is 556. The van der Waals surface area contributed by atoms with Crippen LogP contribution in [0.4, 0.5) is 5.69 Å². The van der Waals surface area contributed by atoms with Crippen LogP contribution in [-0.2, 0) is 20.8 Å². The molecule has 0 saturated heterocycles. The number of aryl methyl sites for hydroxylation is 1. The number of fused-ring (bicyclic) bond motifs is 1. The first-order valence-corrected chi connectivity index (χ1v) is 6.37. The van der Waals surface area contributed by atoms with Gasteiger partial charge < -0.3 is 15.3 Å². The molecule has 2 amide bonds. The molecule has 1 aliphatic rings. The van der Waals surface area contributed by atoms with E-state index in [-0.39, 0.29) is 12.5 Å². The van der Waals surface area contributed by atoms with Crippen LogP contribution >= 0.6 is 0 Å². The van der Waals surface area contributed by atoms with Crippen molar-refractivity contribution in [3.05, 3.63) is 29.8 Å². The van der Waals surface area contributed by atoms with Crippen LogP contribution in [0.5, 0.6) is 0 Å². The number of rotatable bonds is 4. The summed E-state index contributed by atoms with van der Waals surface area (Å²) in [6.45, 7) is 1.19. The minimum absolute atomic E-state index is 0.0647. The Morgan fingerprint density at radius 1 is 1.35 bits per heavy atom. The predicted molar refractivity (Wildman–Crippen MR) is 72.4 cm³/mol. The van der Waals surface area contributed by atoms with E-state index in [1.807, 2.05) is 12.1 Å². The number of hydrogen-bond donors (Lipinski definition) is 2. The van der Waals surface area contributed by atoms with Gasteiger partial charge in [0, 0.05) is 19.0 Å². The molecule has 2 N–H and O–H groups in total. The van der Waals surface area contributed by atoms with Gasteiger partial charge in [0.2, 0.25) is 11.8 Å². The van der Waals surface area contributed by atoms with E-state index in [1.54, 1.807) is 12.1 Å². The van der Waals surface area contributed by atoms with E-state index in [9.17, 15) is 14.4 Å². The van der Waals surface area contributed by atoms with E-state index in [0.29, 0.717) is 12.8 Å². The van der Waals surface area contributed by atoms with Crippen molar-refractivity contribution in [1.29, 1.82) is 0 Å². The molecule has 20 heavy (non-hydrogen) atoms. The van der Waals surface area contributed by atoms with E-state index in [0.717, 1.165) is 11.3 Å². The Morgan fingerprint density at radius 2 is 2.05 bits per heavy atom. The third-order valence-electron chi connectivity index (χ3n) is 3.23. The standard InChI is InChI=1S/C14H16N2O4/c1-9(17)15-11(14(19)20)8-16-12-5-3-2-4-10(12)6-7-13(16)18/h2-5,11H,6-8H2,1H3,(H,15,17)(H,19,20). The lowest BCUT2D eigenvalue weighted by Crippen LogP contribution is -2.50. The molecule has 1 atom stereocenters. The van der Waals surface area contributed by atoms with Crippen LogP contribution in [0.1, 0.15) is 18.9 Å². The van der Waals surface area contributed by atoms with E-state index >= 15 is 0 Å². The molecule has 6 nitrogen and oxygen atoms in total. The number of carboxylic acid groups (broad SMARTS) is 1. The lowest BCUT2D eigenvalue weighted by atomic mass is 10.0. The fourth-order valence-corrected chi connectivity index (χ4v) is 2.31. The molecule has 0 fully saturated rings. The van der Waals surface area contributed by atoms with Gasteiger partial charge >= 0.3 is 5.97 Å². The highest BCUT2D eigenvalue weighted by Crippen LogP contribution is 2.27. The van der Waals surface area contributed by atoms with Crippen molar-refractivity contribution in [2.45, 2.75) is 25.8 Å². The van der Waals surface area contributed by atoms with Crippen molar-refractivity contribution < 1.29 is 19.5 Å². The third-order valence-corrected chi connectivity index (χ3v) is 3.23. The Hall–Kier alpha value is -2.37. The highest BCUT2D eigenvalue weighted by molar-refractivity contribution is 5.97. The summed E-state index contributed by atoms with van der Waals surface area (Å²) in [7, 11) is 0. The van der Waals surface area contributed by atoms with Crippen molar-refractivity contribution in [3.8, 4) is 0 Å². The molecule has 6 heteroatoms. The van der Waals surface area contributed by atoms with Gasteiger partial charge in [0.15, 0.2) is 0 Å². The number of anilines is 1. The summed E-state index contributed by atoms with van der Waals surface area (Å²) in [5.74, 6) is -1.72. The van der Waals surface area contributed by atoms with Gasteiger partial charge in [0.25, 0.3) is 0 Å². The average Bonchev–Trinajstić information content (AvgIpc) is 2.40. The van der Waals surface area contributed by atoms with Gasteiger partial charge in [-0.3, -0.25) is 9.59 Å². The van der Waals surface area contributed by atoms with Crippen LogP contribution in [0.2, 0.25) is 0 Å². The first kappa shape index (κ1) is 14.0. The summed E-state index contributed by atoms with van der Waals surface area (Å²) >= 11 is 0. The quantitative estimate of drug-likeness (QED) is 0.841.